The summed E-state index contributed by atoms with van der Waals surface area (Å²) in [6.45, 7) is 1.94. The van der Waals surface area contributed by atoms with Gasteiger partial charge in [-0.3, -0.25) is 4.68 Å². The van der Waals surface area contributed by atoms with E-state index >= 15 is 0 Å². The Balaban J connectivity index is 2.17. The van der Waals surface area contributed by atoms with Crippen LogP contribution >= 0.6 is 11.3 Å². The van der Waals surface area contributed by atoms with E-state index in [4.69, 9.17) is 0 Å². The zero-order valence-corrected chi connectivity index (χ0v) is 11.6. The van der Waals surface area contributed by atoms with Gasteiger partial charge in [0.15, 0.2) is 0 Å². The van der Waals surface area contributed by atoms with Crippen molar-refractivity contribution in [2.45, 2.75) is 13.0 Å². The van der Waals surface area contributed by atoms with E-state index in [0.717, 1.165) is 4.88 Å². The minimum Gasteiger partial charge on any atom is -0.263 e. The Kier molecular flexibility index (Phi) is 4.15. The summed E-state index contributed by atoms with van der Waals surface area (Å²) in [4.78, 5) is 1.08. The first-order valence-corrected chi connectivity index (χ1v) is 8.15. The Morgan fingerprint density at radius 1 is 1.50 bits per heavy atom. The van der Waals surface area contributed by atoms with Crippen molar-refractivity contribution in [3.05, 3.63) is 40.8 Å². The molecule has 0 bridgehead atoms. The predicted octanol–water partition coefficient (Wildman–Crippen LogP) is 1.47. The number of nitrogens with zero attached hydrogens (tertiary/aromatic N) is 2. The third-order valence-electron chi connectivity index (χ3n) is 2.59. The lowest BCUT2D eigenvalue weighted by atomic mass is 10.2. The Hall–Kier alpha value is -1.18. The number of thiophene rings is 1. The minimum atomic E-state index is -3.18. The maximum atomic E-state index is 11.5. The molecule has 0 amide bonds. The largest absolute Gasteiger partial charge is 0.263 e. The van der Waals surface area contributed by atoms with Crippen LogP contribution < -0.4 is 4.72 Å². The van der Waals surface area contributed by atoms with Crippen LogP contribution in [0, 0.1) is 0 Å². The highest BCUT2D eigenvalue weighted by Gasteiger charge is 2.17. The van der Waals surface area contributed by atoms with Crippen molar-refractivity contribution in [2.75, 3.05) is 12.3 Å². The van der Waals surface area contributed by atoms with Crippen molar-refractivity contribution in [2.24, 2.45) is 0 Å². The molecular weight excluding hydrogens is 270 g/mol. The second kappa shape index (κ2) is 5.64. The normalized spacial score (nSPS) is 13.6. The van der Waals surface area contributed by atoms with Crippen LogP contribution in [0.5, 0.6) is 0 Å². The number of nitrogens with one attached hydrogen (secondary N) is 1. The van der Waals surface area contributed by atoms with Gasteiger partial charge >= 0.3 is 0 Å². The molecule has 2 aromatic heterocycles. The van der Waals surface area contributed by atoms with Gasteiger partial charge in [0.1, 0.15) is 0 Å². The lowest BCUT2D eigenvalue weighted by molar-refractivity contribution is 0.511. The molecule has 0 saturated heterocycles. The van der Waals surface area contributed by atoms with E-state index in [2.05, 4.69) is 9.82 Å². The minimum absolute atomic E-state index is 0.0866. The molecule has 2 heterocycles. The first-order valence-electron chi connectivity index (χ1n) is 5.62. The average molecular weight is 285 g/mol. The van der Waals surface area contributed by atoms with Crippen molar-refractivity contribution in [1.82, 2.24) is 14.5 Å². The molecule has 0 radical (unpaired) electrons. The van der Waals surface area contributed by atoms with Crippen molar-refractivity contribution >= 4 is 21.4 Å². The molecule has 0 aliphatic carbocycles. The highest BCUT2D eigenvalue weighted by molar-refractivity contribution is 7.89. The Morgan fingerprint density at radius 3 is 2.89 bits per heavy atom. The average Bonchev–Trinajstić information content (AvgIpc) is 3.01. The smallest absolute Gasteiger partial charge is 0.211 e. The maximum absolute atomic E-state index is 11.5. The highest BCUT2D eigenvalue weighted by Crippen LogP contribution is 2.21. The Morgan fingerprint density at radius 2 is 2.33 bits per heavy atom. The molecular formula is C11H15N3O2S2. The zero-order chi connectivity index (χ0) is 13.0. The third-order valence-corrected chi connectivity index (χ3v) is 4.93. The van der Waals surface area contributed by atoms with Crippen molar-refractivity contribution < 1.29 is 8.42 Å². The number of hydrogen-bond donors (Lipinski definition) is 1. The van der Waals surface area contributed by atoms with Crippen LogP contribution in [0.1, 0.15) is 17.8 Å². The van der Waals surface area contributed by atoms with Crippen LogP contribution in [-0.4, -0.2) is 30.5 Å². The highest BCUT2D eigenvalue weighted by atomic mass is 32.2. The fraction of sp³-hybridized carbons (Fsp3) is 0.364. The van der Waals surface area contributed by atoms with Gasteiger partial charge in [0.25, 0.3) is 0 Å². The van der Waals surface area contributed by atoms with E-state index in [-0.39, 0.29) is 11.8 Å². The summed E-state index contributed by atoms with van der Waals surface area (Å²) in [7, 11) is -3.18. The van der Waals surface area contributed by atoms with Crippen molar-refractivity contribution in [1.29, 1.82) is 0 Å². The second-order valence-corrected chi connectivity index (χ2v) is 6.84. The molecule has 18 heavy (non-hydrogen) atoms. The maximum Gasteiger partial charge on any atom is 0.211 e. The van der Waals surface area contributed by atoms with E-state index in [9.17, 15) is 8.42 Å². The first kappa shape index (κ1) is 13.3. The Labute approximate surface area is 111 Å². The van der Waals surface area contributed by atoms with Crippen LogP contribution in [0.4, 0.5) is 0 Å². The Bertz CT molecular complexity index is 527. The summed E-state index contributed by atoms with van der Waals surface area (Å²) in [5.41, 5.74) is 0. The van der Waals surface area contributed by atoms with Crippen molar-refractivity contribution in [3.8, 4) is 0 Å². The fourth-order valence-corrected chi connectivity index (χ4v) is 3.01. The van der Waals surface area contributed by atoms with Crippen LogP contribution in [0.3, 0.4) is 0 Å². The second-order valence-electron chi connectivity index (χ2n) is 3.77. The van der Waals surface area contributed by atoms with Gasteiger partial charge in [-0.15, -0.1) is 11.3 Å². The van der Waals surface area contributed by atoms with Gasteiger partial charge in [-0.25, -0.2) is 13.1 Å². The van der Waals surface area contributed by atoms with Gasteiger partial charge in [-0.1, -0.05) is 6.07 Å². The monoisotopic (exact) mass is 285 g/mol. The summed E-state index contributed by atoms with van der Waals surface area (Å²) in [5, 5.41) is 6.16. The standard InChI is InChI=1S/C11H15N3O2S2/c1-2-18(15,16)13-9-10(11-5-3-8-17-11)14-7-4-6-12-14/h3-8,10,13H,2,9H2,1H3. The van der Waals surface area contributed by atoms with Gasteiger partial charge < -0.3 is 0 Å². The summed E-state index contributed by atoms with van der Waals surface area (Å²) < 4.78 is 27.4. The quantitative estimate of drug-likeness (QED) is 0.874. The lowest BCUT2D eigenvalue weighted by Gasteiger charge is -2.16. The van der Waals surface area contributed by atoms with E-state index in [1.54, 1.807) is 29.1 Å². The van der Waals surface area contributed by atoms with Gasteiger partial charge in [0, 0.05) is 23.8 Å². The predicted molar refractivity (Wildman–Crippen MR) is 72.1 cm³/mol. The van der Waals surface area contributed by atoms with E-state index in [1.165, 1.54) is 0 Å². The molecule has 98 valence electrons. The molecule has 0 aromatic carbocycles. The molecule has 1 N–H and O–H groups in total. The van der Waals surface area contributed by atoms with E-state index in [1.807, 2.05) is 29.8 Å². The van der Waals surface area contributed by atoms with Crippen LogP contribution in [0.15, 0.2) is 36.0 Å². The van der Waals surface area contributed by atoms with E-state index < -0.39 is 10.0 Å². The van der Waals surface area contributed by atoms with E-state index in [0.29, 0.717) is 6.54 Å². The molecule has 0 saturated carbocycles. The number of rotatable bonds is 6. The first-order chi connectivity index (χ1) is 8.62. The van der Waals surface area contributed by atoms with Crippen LogP contribution in [0.25, 0.3) is 0 Å². The van der Waals surface area contributed by atoms with Crippen molar-refractivity contribution in [3.63, 3.8) is 0 Å². The molecule has 0 aliphatic rings. The molecule has 0 spiro atoms. The molecule has 2 aromatic rings. The van der Waals surface area contributed by atoms with Gasteiger partial charge in [0.2, 0.25) is 10.0 Å². The lowest BCUT2D eigenvalue weighted by Crippen LogP contribution is -2.32. The molecule has 2 rings (SSSR count). The number of hydrogen-bond acceptors (Lipinski definition) is 4. The molecule has 0 fully saturated rings. The fourth-order valence-electron chi connectivity index (χ4n) is 1.58. The van der Waals surface area contributed by atoms with Crippen LogP contribution in [-0.2, 0) is 10.0 Å². The topological polar surface area (TPSA) is 64.0 Å². The molecule has 7 heteroatoms. The summed E-state index contributed by atoms with van der Waals surface area (Å²) in [5.74, 6) is 0.0866. The van der Waals surface area contributed by atoms with Gasteiger partial charge in [0.05, 0.1) is 11.8 Å². The summed E-state index contributed by atoms with van der Waals surface area (Å²) in [6.07, 6.45) is 3.53. The summed E-state index contributed by atoms with van der Waals surface area (Å²) >= 11 is 1.59. The molecule has 1 atom stereocenters. The third kappa shape index (κ3) is 3.18. The molecule has 1 unspecified atom stereocenters. The molecule has 5 nitrogen and oxygen atoms in total. The van der Waals surface area contributed by atoms with Gasteiger partial charge in [-0.05, 0) is 24.4 Å². The van der Waals surface area contributed by atoms with Crippen LogP contribution in [0.2, 0.25) is 0 Å². The zero-order valence-electron chi connectivity index (χ0n) is 9.98. The number of sulfonamides is 1. The van der Waals surface area contributed by atoms with Gasteiger partial charge in [-0.2, -0.15) is 5.10 Å². The molecule has 0 aliphatic heterocycles. The SMILES string of the molecule is CCS(=O)(=O)NCC(c1cccs1)n1cccn1. The summed E-state index contributed by atoms with van der Waals surface area (Å²) in [6, 6.07) is 5.66. The number of aromatic nitrogens is 2.